The number of fused-ring (bicyclic) bond motifs is 1. The monoisotopic (exact) mass is 180 g/mol. The summed E-state index contributed by atoms with van der Waals surface area (Å²) in [4.78, 5) is 0. The normalized spacial score (nSPS) is 41.8. The maximum Gasteiger partial charge on any atom is -0.0360 e. The van der Waals surface area contributed by atoms with Crippen LogP contribution < -0.4 is 0 Å². The molecule has 0 heteroatoms. The highest BCUT2D eigenvalue weighted by Gasteiger charge is 2.29. The molecule has 0 aromatic heterocycles. The van der Waals surface area contributed by atoms with Crippen molar-refractivity contribution < 1.29 is 0 Å². The molecule has 3 atom stereocenters. The molecule has 0 saturated heterocycles. The van der Waals surface area contributed by atoms with E-state index in [1.54, 1.807) is 19.3 Å². The zero-order chi connectivity index (χ0) is 9.10. The molecule has 3 unspecified atom stereocenters. The van der Waals surface area contributed by atoms with Gasteiger partial charge in [-0.25, -0.2) is 0 Å². The summed E-state index contributed by atoms with van der Waals surface area (Å²) in [6, 6.07) is 0. The van der Waals surface area contributed by atoms with E-state index in [0.29, 0.717) is 0 Å². The lowest BCUT2D eigenvalue weighted by Gasteiger charge is -2.27. The fourth-order valence-corrected chi connectivity index (χ4v) is 3.61. The van der Waals surface area contributed by atoms with Crippen molar-refractivity contribution in [3.63, 3.8) is 0 Å². The van der Waals surface area contributed by atoms with Gasteiger partial charge in [0, 0.05) is 0 Å². The lowest BCUT2D eigenvalue weighted by atomic mass is 9.78. The predicted molar refractivity (Wildman–Crippen MR) is 57.7 cm³/mol. The Kier molecular flexibility index (Phi) is 3.29. The van der Waals surface area contributed by atoms with Crippen molar-refractivity contribution in [2.45, 2.75) is 64.7 Å². The highest BCUT2D eigenvalue weighted by molar-refractivity contribution is 4.80. The van der Waals surface area contributed by atoms with Crippen molar-refractivity contribution in [2.75, 3.05) is 0 Å². The van der Waals surface area contributed by atoms with Gasteiger partial charge in [0.05, 0.1) is 0 Å². The zero-order valence-electron chi connectivity index (χ0n) is 9.10. The van der Waals surface area contributed by atoms with Gasteiger partial charge in [-0.05, 0) is 24.2 Å². The van der Waals surface area contributed by atoms with E-state index in [1.165, 1.54) is 38.5 Å². The second-order valence-corrected chi connectivity index (χ2v) is 5.32. The van der Waals surface area contributed by atoms with Crippen LogP contribution in [0.2, 0.25) is 0 Å². The smallest absolute Gasteiger partial charge is 0.0360 e. The van der Waals surface area contributed by atoms with Gasteiger partial charge in [-0.15, -0.1) is 0 Å². The van der Waals surface area contributed by atoms with Crippen molar-refractivity contribution in [2.24, 2.45) is 17.8 Å². The molecule has 0 spiro atoms. The fourth-order valence-electron chi connectivity index (χ4n) is 3.61. The Morgan fingerprint density at radius 3 is 2.15 bits per heavy atom. The fraction of sp³-hybridized carbons (Fsp3) is 1.00. The molecular weight excluding hydrogens is 156 g/mol. The summed E-state index contributed by atoms with van der Waals surface area (Å²) >= 11 is 0. The van der Waals surface area contributed by atoms with Gasteiger partial charge in [0.1, 0.15) is 0 Å². The molecule has 0 aliphatic heterocycles. The Balaban J connectivity index is 2.03. The Hall–Kier alpha value is 0. The van der Waals surface area contributed by atoms with E-state index in [1.807, 2.05) is 0 Å². The maximum absolute atomic E-state index is 2.51. The first-order valence-electron chi connectivity index (χ1n) is 6.38. The number of hydrogen-bond acceptors (Lipinski definition) is 0. The minimum Gasteiger partial charge on any atom is -0.0622 e. The van der Waals surface area contributed by atoms with Crippen LogP contribution in [0.5, 0.6) is 0 Å². The average Bonchev–Trinajstić information content (AvgIpc) is 2.43. The second-order valence-electron chi connectivity index (χ2n) is 5.32. The van der Waals surface area contributed by atoms with Crippen LogP contribution in [0.15, 0.2) is 0 Å². The van der Waals surface area contributed by atoms with Gasteiger partial charge in [-0.3, -0.25) is 0 Å². The van der Waals surface area contributed by atoms with Gasteiger partial charge in [-0.2, -0.15) is 0 Å². The van der Waals surface area contributed by atoms with E-state index >= 15 is 0 Å². The van der Waals surface area contributed by atoms with Crippen molar-refractivity contribution in [3.05, 3.63) is 0 Å². The van der Waals surface area contributed by atoms with E-state index in [2.05, 4.69) is 6.92 Å². The van der Waals surface area contributed by atoms with Crippen molar-refractivity contribution >= 4 is 0 Å². The second kappa shape index (κ2) is 4.48. The zero-order valence-corrected chi connectivity index (χ0v) is 9.10. The van der Waals surface area contributed by atoms with Crippen LogP contribution in [-0.2, 0) is 0 Å². The molecule has 0 N–H and O–H groups in total. The third-order valence-corrected chi connectivity index (χ3v) is 4.43. The molecule has 0 nitrogen and oxygen atoms in total. The molecule has 2 aliphatic rings. The molecule has 0 aromatic carbocycles. The highest BCUT2D eigenvalue weighted by atomic mass is 14.3. The molecule has 2 aliphatic carbocycles. The van der Waals surface area contributed by atoms with Crippen LogP contribution in [0.25, 0.3) is 0 Å². The third kappa shape index (κ3) is 2.27. The lowest BCUT2D eigenvalue weighted by molar-refractivity contribution is 0.228. The average molecular weight is 180 g/mol. The minimum absolute atomic E-state index is 1.03. The first-order valence-corrected chi connectivity index (χ1v) is 6.38. The Morgan fingerprint density at radius 1 is 0.692 bits per heavy atom. The summed E-state index contributed by atoms with van der Waals surface area (Å²) < 4.78 is 0. The lowest BCUT2D eigenvalue weighted by Crippen LogP contribution is -2.18. The molecule has 13 heavy (non-hydrogen) atoms. The molecule has 0 amide bonds. The van der Waals surface area contributed by atoms with E-state index in [4.69, 9.17) is 0 Å². The molecule has 2 saturated carbocycles. The number of hydrogen-bond donors (Lipinski definition) is 0. The van der Waals surface area contributed by atoms with Gasteiger partial charge < -0.3 is 0 Å². The van der Waals surface area contributed by atoms with Gasteiger partial charge >= 0.3 is 0 Å². The third-order valence-electron chi connectivity index (χ3n) is 4.43. The molecular formula is C13H24. The molecule has 2 fully saturated rings. The van der Waals surface area contributed by atoms with Gasteiger partial charge in [0.15, 0.2) is 0 Å². The molecule has 2 rings (SSSR count). The Labute approximate surface area is 83.1 Å². The van der Waals surface area contributed by atoms with Crippen molar-refractivity contribution in [3.8, 4) is 0 Å². The van der Waals surface area contributed by atoms with E-state index in [-0.39, 0.29) is 0 Å². The van der Waals surface area contributed by atoms with Gasteiger partial charge in [0.25, 0.3) is 0 Å². The first-order chi connectivity index (χ1) is 6.38. The maximum atomic E-state index is 2.51. The summed E-state index contributed by atoms with van der Waals surface area (Å²) in [6.07, 6.45) is 13.7. The molecule has 0 bridgehead atoms. The molecule has 0 radical (unpaired) electrons. The minimum atomic E-state index is 1.03. The van der Waals surface area contributed by atoms with E-state index < -0.39 is 0 Å². The van der Waals surface area contributed by atoms with Crippen LogP contribution in [-0.4, -0.2) is 0 Å². The summed E-state index contributed by atoms with van der Waals surface area (Å²) in [7, 11) is 0. The van der Waals surface area contributed by atoms with Crippen LogP contribution in [0, 0.1) is 17.8 Å². The van der Waals surface area contributed by atoms with Crippen molar-refractivity contribution in [1.82, 2.24) is 0 Å². The highest BCUT2D eigenvalue weighted by Crippen LogP contribution is 2.41. The Morgan fingerprint density at radius 2 is 1.31 bits per heavy atom. The van der Waals surface area contributed by atoms with Crippen LogP contribution in [0.3, 0.4) is 0 Å². The summed E-state index contributed by atoms with van der Waals surface area (Å²) in [5, 5.41) is 0. The predicted octanol–water partition coefficient (Wildman–Crippen LogP) is 4.39. The Bertz CT molecular complexity index is 148. The first kappa shape index (κ1) is 9.55. The summed E-state index contributed by atoms with van der Waals surface area (Å²) in [5.74, 6) is 3.25. The SMILES string of the molecule is CC1CCCCC2CCCCCC12. The van der Waals surface area contributed by atoms with E-state index in [0.717, 1.165) is 17.8 Å². The van der Waals surface area contributed by atoms with E-state index in [9.17, 15) is 0 Å². The van der Waals surface area contributed by atoms with Crippen molar-refractivity contribution in [1.29, 1.82) is 0 Å². The standard InChI is InChI=1S/C13H24/c1-11-7-5-6-9-12-8-3-2-4-10-13(11)12/h11-13H,2-10H2,1H3. The van der Waals surface area contributed by atoms with Crippen LogP contribution in [0.1, 0.15) is 64.7 Å². The van der Waals surface area contributed by atoms with Gasteiger partial charge in [0.2, 0.25) is 0 Å². The molecule has 76 valence electrons. The summed E-state index contributed by atoms with van der Waals surface area (Å²) in [6.45, 7) is 2.51. The number of rotatable bonds is 0. The largest absolute Gasteiger partial charge is 0.0622 e. The van der Waals surface area contributed by atoms with Crippen LogP contribution >= 0.6 is 0 Å². The molecule has 0 heterocycles. The van der Waals surface area contributed by atoms with Gasteiger partial charge in [-0.1, -0.05) is 58.3 Å². The topological polar surface area (TPSA) is 0 Å². The molecule has 0 aromatic rings. The van der Waals surface area contributed by atoms with Crippen LogP contribution in [0.4, 0.5) is 0 Å². The quantitative estimate of drug-likeness (QED) is 0.518. The summed E-state index contributed by atoms with van der Waals surface area (Å²) in [5.41, 5.74) is 0.